The van der Waals surface area contributed by atoms with Gasteiger partial charge in [-0.3, -0.25) is 4.79 Å². The van der Waals surface area contributed by atoms with Crippen molar-refractivity contribution in [3.05, 3.63) is 88.2 Å². The number of rotatable bonds is 6. The molecule has 0 fully saturated rings. The highest BCUT2D eigenvalue weighted by molar-refractivity contribution is 7.89. The van der Waals surface area contributed by atoms with Crippen LogP contribution in [-0.2, 0) is 27.8 Å². The molecule has 0 saturated heterocycles. The molecule has 0 radical (unpaired) electrons. The van der Waals surface area contributed by atoms with Crippen molar-refractivity contribution in [2.75, 3.05) is 18.5 Å². The Hall–Kier alpha value is -2.94. The summed E-state index contributed by atoms with van der Waals surface area (Å²) in [5, 5.41) is 3.40. The minimum absolute atomic E-state index is 0.0476. The van der Waals surface area contributed by atoms with E-state index in [1.54, 1.807) is 30.3 Å². The molecule has 1 N–H and O–H groups in total. The molecule has 1 amide bonds. The van der Waals surface area contributed by atoms with E-state index in [4.69, 9.17) is 16.3 Å². The number of hydrogen-bond acceptors (Lipinski definition) is 4. The lowest BCUT2D eigenvalue weighted by Crippen LogP contribution is -2.36. The van der Waals surface area contributed by atoms with E-state index >= 15 is 0 Å². The van der Waals surface area contributed by atoms with E-state index in [1.807, 2.05) is 13.0 Å². The second kappa shape index (κ2) is 9.51. The number of halogens is 2. The van der Waals surface area contributed by atoms with Crippen molar-refractivity contribution < 1.29 is 22.3 Å². The average molecular weight is 489 g/mol. The lowest BCUT2D eigenvalue weighted by Gasteiger charge is -2.28. The van der Waals surface area contributed by atoms with Gasteiger partial charge in [0.25, 0.3) is 5.91 Å². The summed E-state index contributed by atoms with van der Waals surface area (Å²) >= 11 is 6.00. The summed E-state index contributed by atoms with van der Waals surface area (Å²) in [4.78, 5) is 12.4. The van der Waals surface area contributed by atoms with Gasteiger partial charge in [-0.05, 0) is 84.6 Å². The Morgan fingerprint density at radius 2 is 1.85 bits per heavy atom. The van der Waals surface area contributed by atoms with Crippen LogP contribution in [-0.4, -0.2) is 31.8 Å². The molecule has 6 nitrogen and oxygen atoms in total. The fourth-order valence-corrected chi connectivity index (χ4v) is 5.16. The number of anilines is 1. The number of sulfonamides is 1. The number of ether oxygens (including phenoxy) is 1. The van der Waals surface area contributed by atoms with Gasteiger partial charge in [0, 0.05) is 23.8 Å². The van der Waals surface area contributed by atoms with Gasteiger partial charge in [-0.15, -0.1) is 0 Å². The quantitative estimate of drug-likeness (QED) is 0.552. The SMILES string of the molecule is Cc1cc(OCC(=O)Nc2ccc3c(c2)CN(S(=O)(=O)c2ccc(F)cc2)CC3)ccc1Cl. The van der Waals surface area contributed by atoms with Gasteiger partial charge in [0.15, 0.2) is 6.61 Å². The van der Waals surface area contributed by atoms with E-state index < -0.39 is 15.8 Å². The Balaban J connectivity index is 1.42. The Labute approximate surface area is 197 Å². The summed E-state index contributed by atoms with van der Waals surface area (Å²) in [6.45, 7) is 2.16. The minimum atomic E-state index is -3.75. The van der Waals surface area contributed by atoms with E-state index in [0.717, 1.165) is 28.8 Å². The first-order valence-electron chi connectivity index (χ1n) is 10.3. The van der Waals surface area contributed by atoms with Crippen molar-refractivity contribution in [2.45, 2.75) is 24.8 Å². The number of nitrogens with zero attached hydrogens (tertiary/aromatic N) is 1. The molecule has 0 spiro atoms. The van der Waals surface area contributed by atoms with Crippen molar-refractivity contribution in [1.82, 2.24) is 4.31 Å². The lowest BCUT2D eigenvalue weighted by molar-refractivity contribution is -0.118. The normalized spacial score (nSPS) is 13.9. The standard InChI is InChI=1S/C24H22ClFN2O4S/c1-16-12-21(6-9-23(16)25)32-15-24(29)27-20-5-2-17-10-11-28(14-18(17)13-20)33(30,31)22-7-3-19(26)4-8-22/h2-9,12-13H,10-11,14-15H2,1H3,(H,27,29). The molecule has 3 aromatic carbocycles. The highest BCUT2D eigenvalue weighted by Crippen LogP contribution is 2.27. The van der Waals surface area contributed by atoms with Crippen LogP contribution in [0.1, 0.15) is 16.7 Å². The Morgan fingerprint density at radius 3 is 2.58 bits per heavy atom. The van der Waals surface area contributed by atoms with Crippen LogP contribution in [0.15, 0.2) is 65.6 Å². The number of amides is 1. The maximum Gasteiger partial charge on any atom is 0.262 e. The van der Waals surface area contributed by atoms with Crippen LogP contribution >= 0.6 is 11.6 Å². The predicted octanol–water partition coefficient (Wildman–Crippen LogP) is 4.55. The van der Waals surface area contributed by atoms with Crippen LogP contribution in [0.2, 0.25) is 5.02 Å². The lowest BCUT2D eigenvalue weighted by atomic mass is 10.0. The summed E-state index contributed by atoms with van der Waals surface area (Å²) in [5.41, 5.74) is 3.23. The zero-order chi connectivity index (χ0) is 23.6. The van der Waals surface area contributed by atoms with E-state index in [9.17, 15) is 17.6 Å². The van der Waals surface area contributed by atoms with Crippen LogP contribution in [0.5, 0.6) is 5.75 Å². The molecule has 0 unspecified atom stereocenters. The van der Waals surface area contributed by atoms with Crippen molar-refractivity contribution in [3.63, 3.8) is 0 Å². The number of aryl methyl sites for hydroxylation is 1. The first-order valence-corrected chi connectivity index (χ1v) is 12.1. The minimum Gasteiger partial charge on any atom is -0.484 e. The third-order valence-corrected chi connectivity index (χ3v) is 7.70. The topological polar surface area (TPSA) is 75.7 Å². The zero-order valence-corrected chi connectivity index (χ0v) is 19.4. The predicted molar refractivity (Wildman–Crippen MR) is 124 cm³/mol. The summed E-state index contributed by atoms with van der Waals surface area (Å²) in [7, 11) is -3.75. The molecule has 3 aromatic rings. The number of nitrogens with one attached hydrogen (secondary N) is 1. The van der Waals surface area contributed by atoms with Gasteiger partial charge >= 0.3 is 0 Å². The molecule has 1 heterocycles. The van der Waals surface area contributed by atoms with Crippen LogP contribution in [0.25, 0.3) is 0 Å². The summed E-state index contributed by atoms with van der Waals surface area (Å²) in [6.07, 6.45) is 0.545. The van der Waals surface area contributed by atoms with Crippen molar-refractivity contribution in [2.24, 2.45) is 0 Å². The summed E-state index contributed by atoms with van der Waals surface area (Å²) in [6, 6.07) is 15.4. The number of hydrogen-bond donors (Lipinski definition) is 1. The van der Waals surface area contributed by atoms with Gasteiger partial charge in [-0.1, -0.05) is 17.7 Å². The zero-order valence-electron chi connectivity index (χ0n) is 17.8. The maximum atomic E-state index is 13.2. The fraction of sp³-hybridized carbons (Fsp3) is 0.208. The van der Waals surface area contributed by atoms with Crippen LogP contribution in [0.3, 0.4) is 0 Å². The molecule has 1 aliphatic rings. The monoisotopic (exact) mass is 488 g/mol. The molecule has 0 aromatic heterocycles. The van der Waals surface area contributed by atoms with Gasteiger partial charge < -0.3 is 10.1 Å². The molecule has 33 heavy (non-hydrogen) atoms. The highest BCUT2D eigenvalue weighted by atomic mass is 35.5. The van der Waals surface area contributed by atoms with Crippen molar-refractivity contribution >= 4 is 33.2 Å². The number of benzene rings is 3. The molecule has 1 aliphatic heterocycles. The fourth-order valence-electron chi connectivity index (χ4n) is 3.62. The highest BCUT2D eigenvalue weighted by Gasteiger charge is 2.28. The first-order chi connectivity index (χ1) is 15.7. The molecule has 172 valence electrons. The van der Waals surface area contributed by atoms with Crippen LogP contribution in [0.4, 0.5) is 10.1 Å². The van der Waals surface area contributed by atoms with Gasteiger partial charge in [-0.25, -0.2) is 12.8 Å². The number of fused-ring (bicyclic) bond motifs is 1. The Kier molecular flexibility index (Phi) is 6.69. The molecule has 4 rings (SSSR count). The Bertz CT molecular complexity index is 1300. The second-order valence-electron chi connectivity index (χ2n) is 7.77. The molecule has 9 heteroatoms. The van der Waals surface area contributed by atoms with Gasteiger partial charge in [-0.2, -0.15) is 4.31 Å². The van der Waals surface area contributed by atoms with E-state index in [2.05, 4.69) is 5.32 Å². The van der Waals surface area contributed by atoms with E-state index in [0.29, 0.717) is 29.4 Å². The van der Waals surface area contributed by atoms with Crippen LogP contribution in [0, 0.1) is 12.7 Å². The molecule has 0 atom stereocenters. The molecule has 0 saturated carbocycles. The number of carbonyl (C=O) groups is 1. The van der Waals surface area contributed by atoms with Crippen LogP contribution < -0.4 is 10.1 Å². The van der Waals surface area contributed by atoms with Gasteiger partial charge in [0.2, 0.25) is 10.0 Å². The maximum absolute atomic E-state index is 13.2. The molecule has 0 aliphatic carbocycles. The van der Waals surface area contributed by atoms with Gasteiger partial charge in [0.1, 0.15) is 11.6 Å². The summed E-state index contributed by atoms with van der Waals surface area (Å²) in [5.74, 6) is -0.290. The molecular formula is C24H22ClFN2O4S. The second-order valence-corrected chi connectivity index (χ2v) is 10.1. The largest absolute Gasteiger partial charge is 0.484 e. The van der Waals surface area contributed by atoms with Crippen molar-refractivity contribution in [3.8, 4) is 5.75 Å². The average Bonchev–Trinajstić information content (AvgIpc) is 2.79. The van der Waals surface area contributed by atoms with E-state index in [1.165, 1.54) is 16.4 Å². The number of carbonyl (C=O) groups excluding carboxylic acids is 1. The Morgan fingerprint density at radius 1 is 1.09 bits per heavy atom. The third kappa shape index (κ3) is 5.35. The first kappa shape index (κ1) is 23.2. The smallest absolute Gasteiger partial charge is 0.262 e. The summed E-state index contributed by atoms with van der Waals surface area (Å²) < 4.78 is 46.0. The van der Waals surface area contributed by atoms with Gasteiger partial charge in [0.05, 0.1) is 4.90 Å². The van der Waals surface area contributed by atoms with Crippen molar-refractivity contribution in [1.29, 1.82) is 0 Å². The van der Waals surface area contributed by atoms with E-state index in [-0.39, 0.29) is 24.0 Å². The third-order valence-electron chi connectivity index (χ3n) is 5.42. The molecule has 0 bridgehead atoms. The molecular weight excluding hydrogens is 467 g/mol.